The third kappa shape index (κ3) is 2.09. The molecule has 0 aliphatic heterocycles. The fourth-order valence-electron chi connectivity index (χ4n) is 0.908. The van der Waals surface area contributed by atoms with Crippen LogP contribution in [0.1, 0.15) is 0 Å². The molecule has 0 radical (unpaired) electrons. The quantitative estimate of drug-likeness (QED) is 0.801. The van der Waals surface area contributed by atoms with Gasteiger partial charge in [0.2, 0.25) is 0 Å². The zero-order chi connectivity index (χ0) is 9.90. The van der Waals surface area contributed by atoms with Gasteiger partial charge >= 0.3 is 0 Å². The maximum atomic E-state index is 11.3. The fraction of sp³-hybridized carbons (Fsp3) is 0.111. The van der Waals surface area contributed by atoms with Crippen molar-refractivity contribution in [3.8, 4) is 0 Å². The topological polar surface area (TPSA) is 46.2 Å². The fourth-order valence-corrected chi connectivity index (χ4v) is 1.62. The number of anilines is 1. The van der Waals surface area contributed by atoms with Gasteiger partial charge in [0.1, 0.15) is 0 Å². The number of nitrogens with one attached hydrogen (secondary N) is 1. The van der Waals surface area contributed by atoms with E-state index in [9.17, 15) is 8.42 Å². The molecule has 0 aliphatic rings. The Kier molecular flexibility index (Phi) is 2.72. The van der Waals surface area contributed by atoms with Crippen molar-refractivity contribution in [2.24, 2.45) is 0 Å². The van der Waals surface area contributed by atoms with E-state index in [1.54, 1.807) is 31.3 Å². The molecule has 0 fully saturated rings. The van der Waals surface area contributed by atoms with Gasteiger partial charge in [-0.2, -0.15) is 0 Å². The summed E-state index contributed by atoms with van der Waals surface area (Å²) in [4.78, 5) is 0.265. The molecule has 0 heterocycles. The van der Waals surface area contributed by atoms with Gasteiger partial charge in [0.05, 0.1) is 4.90 Å². The predicted molar refractivity (Wildman–Crippen MR) is 53.4 cm³/mol. The van der Waals surface area contributed by atoms with Gasteiger partial charge in [-0.25, -0.2) is 8.42 Å². The molecular formula is C9H11NO2S. The second-order valence-electron chi connectivity index (χ2n) is 2.49. The summed E-state index contributed by atoms with van der Waals surface area (Å²) in [6.45, 7) is 3.25. The first-order chi connectivity index (χ1) is 6.10. The lowest BCUT2D eigenvalue weighted by Gasteiger charge is -2.01. The standard InChI is InChI=1S/C9H11NO2S/c1-3-13(11,12)9-6-4-8(10-2)5-7-9/h3-7,10H,1H2,2H3. The molecule has 1 aromatic carbocycles. The van der Waals surface area contributed by atoms with Gasteiger partial charge in [0.25, 0.3) is 0 Å². The van der Waals surface area contributed by atoms with Gasteiger partial charge in [-0.3, -0.25) is 0 Å². The highest BCUT2D eigenvalue weighted by atomic mass is 32.2. The summed E-state index contributed by atoms with van der Waals surface area (Å²) in [5.41, 5.74) is 0.878. The molecule has 1 aromatic rings. The second kappa shape index (κ2) is 3.62. The molecule has 0 spiro atoms. The summed E-state index contributed by atoms with van der Waals surface area (Å²) in [6.07, 6.45) is 0. The summed E-state index contributed by atoms with van der Waals surface area (Å²) in [5, 5.41) is 3.85. The molecule has 4 heteroatoms. The third-order valence-electron chi connectivity index (χ3n) is 1.69. The molecule has 0 saturated carbocycles. The molecular weight excluding hydrogens is 186 g/mol. The number of sulfone groups is 1. The van der Waals surface area contributed by atoms with Gasteiger partial charge < -0.3 is 5.32 Å². The lowest BCUT2D eigenvalue weighted by Crippen LogP contribution is -1.95. The summed E-state index contributed by atoms with van der Waals surface area (Å²) in [5.74, 6) is 0. The van der Waals surface area contributed by atoms with Gasteiger partial charge in [0, 0.05) is 18.1 Å². The molecule has 0 atom stereocenters. The first kappa shape index (κ1) is 9.80. The maximum Gasteiger partial charge on any atom is 0.199 e. The maximum absolute atomic E-state index is 11.3. The highest BCUT2D eigenvalue weighted by Gasteiger charge is 2.07. The van der Waals surface area contributed by atoms with Crippen molar-refractivity contribution in [1.29, 1.82) is 0 Å². The number of rotatable bonds is 3. The smallest absolute Gasteiger partial charge is 0.199 e. The van der Waals surface area contributed by atoms with Crippen LogP contribution in [-0.4, -0.2) is 15.5 Å². The van der Waals surface area contributed by atoms with Gasteiger partial charge in [0.15, 0.2) is 9.84 Å². The molecule has 0 unspecified atom stereocenters. The average Bonchev–Trinajstić information content (AvgIpc) is 2.18. The second-order valence-corrected chi connectivity index (χ2v) is 4.38. The lowest BCUT2D eigenvalue weighted by atomic mass is 10.3. The average molecular weight is 197 g/mol. The van der Waals surface area contributed by atoms with Crippen LogP contribution >= 0.6 is 0 Å². The SMILES string of the molecule is C=CS(=O)(=O)c1ccc(NC)cc1. The van der Waals surface area contributed by atoms with Crippen LogP contribution in [-0.2, 0) is 9.84 Å². The van der Waals surface area contributed by atoms with Crippen molar-refractivity contribution >= 4 is 15.5 Å². The molecule has 13 heavy (non-hydrogen) atoms. The third-order valence-corrected chi connectivity index (χ3v) is 3.06. The molecule has 3 nitrogen and oxygen atoms in total. The molecule has 1 N–H and O–H groups in total. The Morgan fingerprint density at radius 1 is 1.31 bits per heavy atom. The Morgan fingerprint density at radius 3 is 2.23 bits per heavy atom. The van der Waals surface area contributed by atoms with E-state index in [1.165, 1.54) is 0 Å². The largest absolute Gasteiger partial charge is 0.388 e. The van der Waals surface area contributed by atoms with Crippen LogP contribution in [0.15, 0.2) is 41.1 Å². The first-order valence-electron chi connectivity index (χ1n) is 3.75. The number of hydrogen-bond donors (Lipinski definition) is 1. The van der Waals surface area contributed by atoms with Crippen molar-refractivity contribution in [2.75, 3.05) is 12.4 Å². The zero-order valence-corrected chi connectivity index (χ0v) is 8.14. The first-order valence-corrected chi connectivity index (χ1v) is 5.30. The molecule has 0 aromatic heterocycles. The van der Waals surface area contributed by atoms with Crippen LogP contribution in [0, 0.1) is 0 Å². The monoisotopic (exact) mass is 197 g/mol. The van der Waals surface area contributed by atoms with E-state index in [4.69, 9.17) is 0 Å². The van der Waals surface area contributed by atoms with Gasteiger partial charge in [-0.15, -0.1) is 0 Å². The Hall–Kier alpha value is -1.29. The molecule has 0 bridgehead atoms. The minimum absolute atomic E-state index is 0.265. The van der Waals surface area contributed by atoms with Crippen LogP contribution in [0.4, 0.5) is 5.69 Å². The van der Waals surface area contributed by atoms with E-state index in [2.05, 4.69) is 11.9 Å². The van der Waals surface area contributed by atoms with Crippen LogP contribution < -0.4 is 5.32 Å². The van der Waals surface area contributed by atoms with Crippen molar-refractivity contribution in [1.82, 2.24) is 0 Å². The Bertz CT molecular complexity index is 392. The molecule has 0 saturated heterocycles. The van der Waals surface area contributed by atoms with E-state index < -0.39 is 9.84 Å². The summed E-state index contributed by atoms with van der Waals surface area (Å²) in [7, 11) is -1.51. The molecule has 70 valence electrons. The molecule has 0 aliphatic carbocycles. The highest BCUT2D eigenvalue weighted by Crippen LogP contribution is 2.14. The van der Waals surface area contributed by atoms with Gasteiger partial charge in [-0.05, 0) is 24.3 Å². The van der Waals surface area contributed by atoms with Crippen molar-refractivity contribution in [2.45, 2.75) is 4.90 Å². The lowest BCUT2D eigenvalue weighted by molar-refractivity contribution is 0.605. The van der Waals surface area contributed by atoms with Gasteiger partial charge in [-0.1, -0.05) is 6.58 Å². The van der Waals surface area contributed by atoms with E-state index in [-0.39, 0.29) is 4.90 Å². The van der Waals surface area contributed by atoms with E-state index >= 15 is 0 Å². The Balaban J connectivity index is 3.13. The van der Waals surface area contributed by atoms with E-state index in [0.29, 0.717) is 0 Å². The number of benzene rings is 1. The van der Waals surface area contributed by atoms with E-state index in [1.807, 2.05) is 0 Å². The van der Waals surface area contributed by atoms with Crippen LogP contribution in [0.5, 0.6) is 0 Å². The van der Waals surface area contributed by atoms with Crippen LogP contribution in [0.3, 0.4) is 0 Å². The Morgan fingerprint density at radius 2 is 1.85 bits per heavy atom. The summed E-state index contributed by atoms with van der Waals surface area (Å²) < 4.78 is 22.5. The minimum Gasteiger partial charge on any atom is -0.388 e. The summed E-state index contributed by atoms with van der Waals surface area (Å²) >= 11 is 0. The minimum atomic E-state index is -3.29. The van der Waals surface area contributed by atoms with Crippen molar-refractivity contribution < 1.29 is 8.42 Å². The number of hydrogen-bond acceptors (Lipinski definition) is 3. The van der Waals surface area contributed by atoms with Crippen LogP contribution in [0.25, 0.3) is 0 Å². The van der Waals surface area contributed by atoms with Crippen LogP contribution in [0.2, 0.25) is 0 Å². The van der Waals surface area contributed by atoms with Crippen molar-refractivity contribution in [3.63, 3.8) is 0 Å². The van der Waals surface area contributed by atoms with E-state index in [0.717, 1.165) is 11.1 Å². The van der Waals surface area contributed by atoms with Crippen molar-refractivity contribution in [3.05, 3.63) is 36.3 Å². The summed E-state index contributed by atoms with van der Waals surface area (Å²) in [6, 6.07) is 6.50. The highest BCUT2D eigenvalue weighted by molar-refractivity contribution is 7.94. The molecule has 1 rings (SSSR count). The Labute approximate surface area is 78.0 Å². The zero-order valence-electron chi connectivity index (χ0n) is 7.32. The molecule has 0 amide bonds. The predicted octanol–water partition coefficient (Wildman–Crippen LogP) is 1.65. The normalized spacial score (nSPS) is 10.8.